The predicted octanol–water partition coefficient (Wildman–Crippen LogP) is -0.367. The summed E-state index contributed by atoms with van der Waals surface area (Å²) in [6, 6.07) is 0. The largest absolute Gasteiger partial charge is 0.481 e. The zero-order valence-electron chi connectivity index (χ0n) is 6.82. The van der Waals surface area contributed by atoms with Crippen LogP contribution in [0.2, 0.25) is 0 Å². The molecule has 70 valence electrons. The first-order valence-corrected chi connectivity index (χ1v) is 3.63. The lowest BCUT2D eigenvalue weighted by Crippen LogP contribution is -2.26. The second kappa shape index (κ2) is 5.54. The van der Waals surface area contributed by atoms with Crippen molar-refractivity contribution in [2.45, 2.75) is 13.3 Å². The lowest BCUT2D eigenvalue weighted by molar-refractivity contribution is -0.159. The molecule has 5 nitrogen and oxygen atoms in total. The Morgan fingerprint density at radius 1 is 1.50 bits per heavy atom. The summed E-state index contributed by atoms with van der Waals surface area (Å²) in [6.45, 7) is 1.14. The van der Waals surface area contributed by atoms with Crippen molar-refractivity contribution in [1.29, 1.82) is 0 Å². The summed E-state index contributed by atoms with van der Waals surface area (Å²) < 4.78 is 4.44. The zero-order chi connectivity index (χ0) is 9.56. The van der Waals surface area contributed by atoms with Crippen LogP contribution in [-0.4, -0.2) is 35.4 Å². The summed E-state index contributed by atoms with van der Waals surface area (Å²) >= 11 is 0. The van der Waals surface area contributed by atoms with E-state index in [1.54, 1.807) is 6.92 Å². The molecule has 0 aromatic carbocycles. The Hall–Kier alpha value is -1.10. The number of carboxylic acids is 1. The third kappa shape index (κ3) is 3.34. The van der Waals surface area contributed by atoms with Gasteiger partial charge >= 0.3 is 11.9 Å². The first-order valence-electron chi connectivity index (χ1n) is 3.63. The second-order valence-corrected chi connectivity index (χ2v) is 2.19. The summed E-state index contributed by atoms with van der Waals surface area (Å²) in [7, 11) is 0. The summed E-state index contributed by atoms with van der Waals surface area (Å²) in [5, 5.41) is 16.8. The Labute approximate surface area is 70.0 Å². The maximum absolute atomic E-state index is 10.9. The lowest BCUT2D eigenvalue weighted by Gasteiger charge is -2.08. The van der Waals surface area contributed by atoms with E-state index in [1.165, 1.54) is 0 Å². The maximum atomic E-state index is 10.9. The van der Waals surface area contributed by atoms with Gasteiger partial charge in [-0.15, -0.1) is 0 Å². The number of ether oxygens (including phenoxy) is 1. The van der Waals surface area contributed by atoms with Crippen molar-refractivity contribution in [2.75, 3.05) is 13.2 Å². The number of carbonyl (C=O) groups is 2. The van der Waals surface area contributed by atoms with Crippen LogP contribution < -0.4 is 0 Å². The zero-order valence-corrected chi connectivity index (χ0v) is 6.82. The Bertz CT molecular complexity index is 165. The monoisotopic (exact) mass is 176 g/mol. The normalized spacial score (nSPS) is 12.2. The van der Waals surface area contributed by atoms with Crippen molar-refractivity contribution < 1.29 is 24.5 Å². The molecule has 0 bridgehead atoms. The van der Waals surface area contributed by atoms with Gasteiger partial charge in [-0.1, -0.05) is 6.92 Å². The van der Waals surface area contributed by atoms with Crippen LogP contribution in [0.15, 0.2) is 0 Å². The van der Waals surface area contributed by atoms with Crippen molar-refractivity contribution in [2.24, 2.45) is 5.92 Å². The maximum Gasteiger partial charge on any atom is 0.320 e. The Kier molecular flexibility index (Phi) is 5.03. The average Bonchev–Trinajstić information content (AvgIpc) is 2.01. The van der Waals surface area contributed by atoms with Gasteiger partial charge in [0.15, 0.2) is 5.92 Å². The number of aliphatic hydroxyl groups excluding tert-OH is 1. The molecule has 0 aliphatic heterocycles. The Balaban J connectivity index is 3.95. The summed E-state index contributed by atoms with van der Waals surface area (Å²) in [5.41, 5.74) is 0. The molecule has 0 aromatic heterocycles. The van der Waals surface area contributed by atoms with E-state index in [0.717, 1.165) is 0 Å². The number of rotatable bonds is 5. The highest BCUT2D eigenvalue weighted by molar-refractivity contribution is 5.93. The minimum atomic E-state index is -1.19. The fraction of sp³-hybridized carbons (Fsp3) is 0.714. The minimum Gasteiger partial charge on any atom is -0.481 e. The molecule has 0 saturated carbocycles. The van der Waals surface area contributed by atoms with Gasteiger partial charge in [0.25, 0.3) is 0 Å². The van der Waals surface area contributed by atoms with E-state index in [0.29, 0.717) is 0 Å². The van der Waals surface area contributed by atoms with Gasteiger partial charge < -0.3 is 14.9 Å². The minimum absolute atomic E-state index is 0.150. The van der Waals surface area contributed by atoms with Gasteiger partial charge in [0, 0.05) is 0 Å². The highest BCUT2D eigenvalue weighted by Crippen LogP contribution is 2.04. The van der Waals surface area contributed by atoms with Gasteiger partial charge in [0.2, 0.25) is 0 Å². The van der Waals surface area contributed by atoms with Crippen molar-refractivity contribution in [3.8, 4) is 0 Å². The molecule has 0 fully saturated rings. The number of hydrogen-bond acceptors (Lipinski definition) is 4. The third-order valence-electron chi connectivity index (χ3n) is 1.33. The molecule has 0 radical (unpaired) electrons. The SMILES string of the molecule is CCC(C(=O)O)C(=O)OCCO. The van der Waals surface area contributed by atoms with E-state index in [1.807, 2.05) is 0 Å². The molecule has 0 amide bonds. The van der Waals surface area contributed by atoms with E-state index in [2.05, 4.69) is 4.74 Å². The molecule has 0 aliphatic rings. The fourth-order valence-electron chi connectivity index (χ4n) is 0.689. The molecular weight excluding hydrogens is 164 g/mol. The molecule has 1 atom stereocenters. The number of aliphatic hydroxyl groups is 1. The van der Waals surface area contributed by atoms with Crippen molar-refractivity contribution in [3.63, 3.8) is 0 Å². The van der Waals surface area contributed by atoms with Crippen LogP contribution in [0.25, 0.3) is 0 Å². The average molecular weight is 176 g/mol. The molecular formula is C7H12O5. The highest BCUT2D eigenvalue weighted by atomic mass is 16.5. The molecule has 0 spiro atoms. The van der Waals surface area contributed by atoms with Crippen LogP contribution in [0, 0.1) is 5.92 Å². The number of esters is 1. The summed E-state index contributed by atoms with van der Waals surface area (Å²) in [6.07, 6.45) is 0.194. The van der Waals surface area contributed by atoms with Crippen LogP contribution in [-0.2, 0) is 14.3 Å². The second-order valence-electron chi connectivity index (χ2n) is 2.19. The van der Waals surface area contributed by atoms with Crippen LogP contribution in [0.1, 0.15) is 13.3 Å². The standard InChI is InChI=1S/C7H12O5/c1-2-5(6(9)10)7(11)12-4-3-8/h5,8H,2-4H2,1H3,(H,9,10). The van der Waals surface area contributed by atoms with Crippen molar-refractivity contribution in [1.82, 2.24) is 0 Å². The Morgan fingerprint density at radius 3 is 2.42 bits per heavy atom. The third-order valence-corrected chi connectivity index (χ3v) is 1.33. The van der Waals surface area contributed by atoms with Crippen molar-refractivity contribution in [3.05, 3.63) is 0 Å². The molecule has 0 rings (SSSR count). The van der Waals surface area contributed by atoms with E-state index in [-0.39, 0.29) is 19.6 Å². The number of aliphatic carboxylic acids is 1. The molecule has 0 heterocycles. The van der Waals surface area contributed by atoms with Gasteiger partial charge in [-0.3, -0.25) is 9.59 Å². The number of carboxylic acid groups (broad SMARTS) is 1. The summed E-state index contributed by atoms with van der Waals surface area (Å²) in [4.78, 5) is 21.2. The molecule has 2 N–H and O–H groups in total. The lowest BCUT2D eigenvalue weighted by atomic mass is 10.1. The first kappa shape index (κ1) is 10.9. The van der Waals surface area contributed by atoms with Gasteiger partial charge in [-0.2, -0.15) is 0 Å². The van der Waals surface area contributed by atoms with Gasteiger partial charge in [-0.25, -0.2) is 0 Å². The quantitative estimate of drug-likeness (QED) is 0.441. The van der Waals surface area contributed by atoms with Crippen molar-refractivity contribution >= 4 is 11.9 Å². The van der Waals surface area contributed by atoms with Crippen LogP contribution >= 0.6 is 0 Å². The van der Waals surface area contributed by atoms with Crippen LogP contribution in [0.5, 0.6) is 0 Å². The topological polar surface area (TPSA) is 83.8 Å². The first-order chi connectivity index (χ1) is 5.63. The molecule has 1 unspecified atom stereocenters. The highest BCUT2D eigenvalue weighted by Gasteiger charge is 2.25. The number of hydrogen-bond donors (Lipinski definition) is 2. The predicted molar refractivity (Wildman–Crippen MR) is 39.5 cm³/mol. The van der Waals surface area contributed by atoms with Crippen LogP contribution in [0.3, 0.4) is 0 Å². The molecule has 0 saturated heterocycles. The van der Waals surface area contributed by atoms with E-state index in [4.69, 9.17) is 10.2 Å². The van der Waals surface area contributed by atoms with Gasteiger partial charge in [-0.05, 0) is 6.42 Å². The fourth-order valence-corrected chi connectivity index (χ4v) is 0.689. The van der Waals surface area contributed by atoms with Crippen LogP contribution in [0.4, 0.5) is 0 Å². The van der Waals surface area contributed by atoms with E-state index < -0.39 is 17.9 Å². The van der Waals surface area contributed by atoms with E-state index >= 15 is 0 Å². The van der Waals surface area contributed by atoms with Gasteiger partial charge in [0.05, 0.1) is 6.61 Å². The molecule has 0 aromatic rings. The summed E-state index contributed by atoms with van der Waals surface area (Å²) in [5.74, 6) is -3.10. The van der Waals surface area contributed by atoms with Gasteiger partial charge in [0.1, 0.15) is 6.61 Å². The number of carbonyl (C=O) groups excluding carboxylic acids is 1. The molecule has 0 aliphatic carbocycles. The molecule has 12 heavy (non-hydrogen) atoms. The smallest absolute Gasteiger partial charge is 0.320 e. The molecule has 5 heteroatoms. The van der Waals surface area contributed by atoms with E-state index in [9.17, 15) is 9.59 Å². The Morgan fingerprint density at radius 2 is 2.08 bits per heavy atom.